The first-order valence-corrected chi connectivity index (χ1v) is 12.2. The third-order valence-electron chi connectivity index (χ3n) is 5.80. The van der Waals surface area contributed by atoms with Crippen molar-refractivity contribution in [3.63, 3.8) is 0 Å². The Morgan fingerprint density at radius 2 is 1.94 bits per heavy atom. The predicted molar refractivity (Wildman–Crippen MR) is 126 cm³/mol. The number of hydrogen-bond donors (Lipinski definition) is 1. The Morgan fingerprint density at radius 3 is 2.66 bits per heavy atom. The van der Waals surface area contributed by atoms with E-state index < -0.39 is 6.04 Å². The monoisotopic (exact) mass is 458 g/mol. The molecule has 0 aliphatic heterocycles. The highest BCUT2D eigenvalue weighted by Gasteiger charge is 2.28. The Hall–Kier alpha value is -2.54. The minimum Gasteiger partial charge on any atom is -0.497 e. The van der Waals surface area contributed by atoms with Crippen LogP contribution in [0.15, 0.2) is 48.5 Å². The second kappa shape index (κ2) is 11.9. The number of thioether (sulfide) groups is 1. The molecule has 1 N–H and O–H groups in total. The summed E-state index contributed by atoms with van der Waals surface area (Å²) in [6.07, 6.45) is 4.22. The van der Waals surface area contributed by atoms with E-state index in [4.69, 9.17) is 4.74 Å². The van der Waals surface area contributed by atoms with Crippen LogP contribution in [0.5, 0.6) is 5.75 Å². The van der Waals surface area contributed by atoms with Crippen LogP contribution in [0.1, 0.15) is 43.7 Å². The van der Waals surface area contributed by atoms with Crippen molar-refractivity contribution in [2.45, 2.75) is 57.0 Å². The minimum atomic E-state index is -0.608. The average molecular weight is 459 g/mol. The minimum absolute atomic E-state index is 0.132. The van der Waals surface area contributed by atoms with Gasteiger partial charge in [-0.15, -0.1) is 11.8 Å². The Bertz CT molecular complexity index is 918. The SMILES string of the molecule is COc1cccc(CN(C(=O)CSCc2ccccc2F)C(C)C(=O)NC2CCCC2)c1. The van der Waals surface area contributed by atoms with Gasteiger partial charge >= 0.3 is 0 Å². The van der Waals surface area contributed by atoms with Gasteiger partial charge in [0.05, 0.1) is 12.9 Å². The lowest BCUT2D eigenvalue weighted by Crippen LogP contribution is -2.50. The number of hydrogen-bond acceptors (Lipinski definition) is 4. The van der Waals surface area contributed by atoms with Gasteiger partial charge in [0.2, 0.25) is 11.8 Å². The van der Waals surface area contributed by atoms with Crippen molar-refractivity contribution in [3.05, 3.63) is 65.5 Å². The molecule has 1 saturated carbocycles. The zero-order chi connectivity index (χ0) is 22.9. The number of benzene rings is 2. The highest BCUT2D eigenvalue weighted by molar-refractivity contribution is 7.99. The number of rotatable bonds is 10. The highest BCUT2D eigenvalue weighted by Crippen LogP contribution is 2.21. The molecule has 0 radical (unpaired) electrons. The van der Waals surface area contributed by atoms with Crippen molar-refractivity contribution in [2.24, 2.45) is 0 Å². The van der Waals surface area contributed by atoms with E-state index in [1.807, 2.05) is 24.3 Å². The molecule has 1 aliphatic rings. The van der Waals surface area contributed by atoms with E-state index in [0.29, 0.717) is 23.6 Å². The standard InChI is InChI=1S/C25H31FN2O3S/c1-18(25(30)27-21-10-4-5-11-21)28(15-19-8-7-12-22(14-19)31-2)24(29)17-32-16-20-9-3-6-13-23(20)26/h3,6-9,12-14,18,21H,4-5,10-11,15-17H2,1-2H3,(H,27,30). The van der Waals surface area contributed by atoms with Crippen molar-refractivity contribution in [2.75, 3.05) is 12.9 Å². The average Bonchev–Trinajstić information content (AvgIpc) is 3.31. The highest BCUT2D eigenvalue weighted by atomic mass is 32.2. The number of methoxy groups -OCH3 is 1. The van der Waals surface area contributed by atoms with Gasteiger partial charge in [0.25, 0.3) is 0 Å². The Balaban J connectivity index is 1.68. The number of ether oxygens (including phenoxy) is 1. The van der Waals surface area contributed by atoms with Gasteiger partial charge in [0, 0.05) is 18.3 Å². The summed E-state index contributed by atoms with van der Waals surface area (Å²) in [5.41, 5.74) is 1.45. The fourth-order valence-electron chi connectivity index (χ4n) is 3.89. The predicted octanol–water partition coefficient (Wildman–Crippen LogP) is 4.54. The van der Waals surface area contributed by atoms with Crippen molar-refractivity contribution in [1.82, 2.24) is 10.2 Å². The molecule has 1 aliphatic carbocycles. The third-order valence-corrected chi connectivity index (χ3v) is 6.76. The zero-order valence-electron chi connectivity index (χ0n) is 18.7. The summed E-state index contributed by atoms with van der Waals surface area (Å²) >= 11 is 1.35. The molecule has 1 fully saturated rings. The maximum atomic E-state index is 13.9. The molecule has 2 aromatic rings. The summed E-state index contributed by atoms with van der Waals surface area (Å²) in [6.45, 7) is 2.07. The lowest BCUT2D eigenvalue weighted by Gasteiger charge is -2.30. The molecule has 0 heterocycles. The van der Waals surface area contributed by atoms with Crippen molar-refractivity contribution < 1.29 is 18.7 Å². The molecule has 1 unspecified atom stereocenters. The summed E-state index contributed by atoms with van der Waals surface area (Å²) in [7, 11) is 1.60. The van der Waals surface area contributed by atoms with Crippen molar-refractivity contribution in [3.8, 4) is 5.75 Å². The molecule has 5 nitrogen and oxygen atoms in total. The Kier molecular flexibility index (Phi) is 8.97. The van der Waals surface area contributed by atoms with Crippen LogP contribution in [0.2, 0.25) is 0 Å². The number of carbonyl (C=O) groups excluding carboxylic acids is 2. The molecule has 2 amide bonds. The zero-order valence-corrected chi connectivity index (χ0v) is 19.5. The van der Waals surface area contributed by atoms with Crippen LogP contribution in [0.25, 0.3) is 0 Å². The Morgan fingerprint density at radius 1 is 1.19 bits per heavy atom. The van der Waals surface area contributed by atoms with Crippen LogP contribution in [-0.2, 0) is 21.9 Å². The summed E-state index contributed by atoms with van der Waals surface area (Å²) in [5, 5.41) is 3.10. The van der Waals surface area contributed by atoms with Crippen LogP contribution in [0, 0.1) is 5.82 Å². The van der Waals surface area contributed by atoms with Crippen LogP contribution in [0.4, 0.5) is 4.39 Å². The third kappa shape index (κ3) is 6.73. The number of carbonyl (C=O) groups is 2. The van der Waals surface area contributed by atoms with Crippen molar-refractivity contribution >= 4 is 23.6 Å². The quantitative estimate of drug-likeness (QED) is 0.568. The van der Waals surface area contributed by atoms with Crippen LogP contribution in [-0.4, -0.2) is 41.7 Å². The maximum Gasteiger partial charge on any atom is 0.242 e. The largest absolute Gasteiger partial charge is 0.497 e. The van der Waals surface area contributed by atoms with Crippen LogP contribution in [0.3, 0.4) is 0 Å². The lowest BCUT2D eigenvalue weighted by atomic mass is 10.1. The molecule has 0 aromatic heterocycles. The Labute approximate surface area is 193 Å². The van der Waals surface area contributed by atoms with Crippen molar-refractivity contribution in [1.29, 1.82) is 0 Å². The molecule has 7 heteroatoms. The topological polar surface area (TPSA) is 58.6 Å². The van der Waals surface area contributed by atoms with Gasteiger partial charge < -0.3 is 15.0 Å². The summed E-state index contributed by atoms with van der Waals surface area (Å²) in [4.78, 5) is 27.7. The lowest BCUT2D eigenvalue weighted by molar-refractivity contribution is -0.138. The fraction of sp³-hybridized carbons (Fsp3) is 0.440. The normalized spacial score (nSPS) is 14.7. The number of amides is 2. The number of nitrogens with one attached hydrogen (secondary N) is 1. The molecule has 1 atom stereocenters. The maximum absolute atomic E-state index is 13.9. The van der Waals surface area contributed by atoms with E-state index >= 15 is 0 Å². The summed E-state index contributed by atoms with van der Waals surface area (Å²) in [6, 6.07) is 13.6. The molecule has 32 heavy (non-hydrogen) atoms. The van der Waals surface area contributed by atoms with E-state index in [9.17, 15) is 14.0 Å². The van der Waals surface area contributed by atoms with Gasteiger partial charge in [0.1, 0.15) is 17.6 Å². The molecule has 0 bridgehead atoms. The van der Waals surface area contributed by atoms with Gasteiger partial charge in [-0.05, 0) is 49.1 Å². The molecule has 0 saturated heterocycles. The van der Waals surface area contributed by atoms with E-state index in [1.54, 1.807) is 37.1 Å². The van der Waals surface area contributed by atoms with E-state index in [1.165, 1.54) is 17.8 Å². The van der Waals surface area contributed by atoms with E-state index in [0.717, 1.165) is 31.2 Å². The summed E-state index contributed by atoms with van der Waals surface area (Å²) < 4.78 is 19.2. The van der Waals surface area contributed by atoms with Gasteiger partial charge in [-0.3, -0.25) is 9.59 Å². The number of nitrogens with zero attached hydrogens (tertiary/aromatic N) is 1. The van der Waals surface area contributed by atoms with Gasteiger partial charge in [-0.1, -0.05) is 43.2 Å². The van der Waals surface area contributed by atoms with Gasteiger partial charge in [-0.25, -0.2) is 4.39 Å². The van der Waals surface area contributed by atoms with Crippen LogP contribution >= 0.6 is 11.8 Å². The first-order valence-electron chi connectivity index (χ1n) is 11.0. The smallest absolute Gasteiger partial charge is 0.242 e. The molecule has 2 aromatic carbocycles. The molecule has 172 valence electrons. The first kappa shape index (κ1) is 24.1. The molecular formula is C25H31FN2O3S. The van der Waals surface area contributed by atoms with Gasteiger partial charge in [-0.2, -0.15) is 0 Å². The second-order valence-corrected chi connectivity index (χ2v) is 9.11. The second-order valence-electron chi connectivity index (χ2n) is 8.12. The van der Waals surface area contributed by atoms with E-state index in [-0.39, 0.29) is 29.4 Å². The molecular weight excluding hydrogens is 427 g/mol. The summed E-state index contributed by atoms with van der Waals surface area (Å²) in [5.74, 6) is 0.709. The van der Waals surface area contributed by atoms with Gasteiger partial charge in [0.15, 0.2) is 0 Å². The molecule has 3 rings (SSSR count). The molecule has 0 spiro atoms. The fourth-order valence-corrected chi connectivity index (χ4v) is 4.79. The van der Waals surface area contributed by atoms with Crippen LogP contribution < -0.4 is 10.1 Å². The number of halogens is 1. The van der Waals surface area contributed by atoms with E-state index in [2.05, 4.69) is 5.32 Å². The first-order chi connectivity index (χ1) is 15.5.